The summed E-state index contributed by atoms with van der Waals surface area (Å²) in [6.45, 7) is 1.23. The number of nitrogens with one attached hydrogen (secondary N) is 1. The van der Waals surface area contributed by atoms with Crippen LogP contribution in [0, 0.1) is 5.92 Å². The smallest absolute Gasteiger partial charge is 0.312 e. The maximum atomic E-state index is 12.3. The van der Waals surface area contributed by atoms with Crippen LogP contribution in [0.2, 0.25) is 0 Å². The van der Waals surface area contributed by atoms with Gasteiger partial charge in [-0.1, -0.05) is 0 Å². The predicted octanol–water partition coefficient (Wildman–Crippen LogP) is 1.62. The highest BCUT2D eigenvalue weighted by Gasteiger charge is 2.36. The third-order valence-electron chi connectivity index (χ3n) is 3.11. The molecular weight excluding hydrogens is 205 g/mol. The lowest BCUT2D eigenvalue weighted by Gasteiger charge is -2.25. The van der Waals surface area contributed by atoms with E-state index >= 15 is 0 Å². The van der Waals surface area contributed by atoms with Gasteiger partial charge in [0.05, 0.1) is 6.54 Å². The fourth-order valence-corrected chi connectivity index (χ4v) is 2.24. The maximum Gasteiger partial charge on any atom is 0.401 e. The highest BCUT2D eigenvalue weighted by Crippen LogP contribution is 2.33. The van der Waals surface area contributed by atoms with E-state index < -0.39 is 12.7 Å². The van der Waals surface area contributed by atoms with E-state index in [4.69, 9.17) is 0 Å². The van der Waals surface area contributed by atoms with Crippen molar-refractivity contribution < 1.29 is 13.2 Å². The van der Waals surface area contributed by atoms with Crippen LogP contribution in [0.4, 0.5) is 13.2 Å². The third-order valence-corrected chi connectivity index (χ3v) is 3.11. The van der Waals surface area contributed by atoms with Gasteiger partial charge in [-0.25, -0.2) is 0 Å². The van der Waals surface area contributed by atoms with Crippen LogP contribution in [0.3, 0.4) is 0 Å². The lowest BCUT2D eigenvalue weighted by Crippen LogP contribution is -2.42. The van der Waals surface area contributed by atoms with Gasteiger partial charge in [0.2, 0.25) is 0 Å². The van der Waals surface area contributed by atoms with E-state index in [0.29, 0.717) is 19.0 Å². The largest absolute Gasteiger partial charge is 0.401 e. The van der Waals surface area contributed by atoms with Crippen LogP contribution in [0.25, 0.3) is 0 Å². The van der Waals surface area contributed by atoms with Crippen LogP contribution in [-0.2, 0) is 0 Å². The monoisotopic (exact) mass is 222 g/mol. The molecule has 0 spiro atoms. The van der Waals surface area contributed by atoms with Gasteiger partial charge in [0.1, 0.15) is 0 Å². The molecule has 1 N–H and O–H groups in total. The Balaban J connectivity index is 1.86. The average Bonchev–Trinajstić information content (AvgIpc) is 2.83. The fourth-order valence-electron chi connectivity index (χ4n) is 2.24. The first-order chi connectivity index (χ1) is 7.04. The molecule has 1 unspecified atom stereocenters. The van der Waals surface area contributed by atoms with Crippen molar-refractivity contribution in [3.8, 4) is 0 Å². The van der Waals surface area contributed by atoms with Gasteiger partial charge in [0.25, 0.3) is 0 Å². The number of rotatable bonds is 2. The molecule has 1 aliphatic carbocycles. The molecule has 2 nitrogen and oxygen atoms in total. The van der Waals surface area contributed by atoms with Crippen LogP contribution < -0.4 is 5.32 Å². The minimum Gasteiger partial charge on any atom is -0.312 e. The molecule has 88 valence electrons. The summed E-state index contributed by atoms with van der Waals surface area (Å²) < 4.78 is 36.8. The Kier molecular flexibility index (Phi) is 3.21. The molecule has 0 amide bonds. The molecule has 0 radical (unpaired) electrons. The molecule has 5 heteroatoms. The summed E-state index contributed by atoms with van der Waals surface area (Å²) >= 11 is 0. The molecule has 0 aromatic rings. The first-order valence-electron chi connectivity index (χ1n) is 5.57. The van der Waals surface area contributed by atoms with Crippen molar-refractivity contribution in [3.63, 3.8) is 0 Å². The topological polar surface area (TPSA) is 15.3 Å². The molecule has 2 fully saturated rings. The van der Waals surface area contributed by atoms with E-state index in [-0.39, 0.29) is 6.04 Å². The van der Waals surface area contributed by atoms with Gasteiger partial charge >= 0.3 is 6.18 Å². The Morgan fingerprint density at radius 3 is 2.60 bits per heavy atom. The minimum absolute atomic E-state index is 0.287. The standard InChI is InChI=1S/C10H17F3N2/c11-10(12,13)7-15-5-1-4-14-9(6-15)8-2-3-8/h8-9,14H,1-7H2. The van der Waals surface area contributed by atoms with Crippen molar-refractivity contribution in [1.29, 1.82) is 0 Å². The lowest BCUT2D eigenvalue weighted by molar-refractivity contribution is -0.146. The van der Waals surface area contributed by atoms with Crippen LogP contribution in [0.1, 0.15) is 19.3 Å². The van der Waals surface area contributed by atoms with Crippen LogP contribution in [0.5, 0.6) is 0 Å². The Morgan fingerprint density at radius 2 is 2.00 bits per heavy atom. The van der Waals surface area contributed by atoms with Crippen LogP contribution in [-0.4, -0.2) is 43.3 Å². The van der Waals surface area contributed by atoms with E-state index in [1.165, 1.54) is 12.8 Å². The van der Waals surface area contributed by atoms with E-state index in [0.717, 1.165) is 13.0 Å². The molecule has 2 aliphatic rings. The van der Waals surface area contributed by atoms with Gasteiger partial charge in [-0.2, -0.15) is 13.2 Å². The van der Waals surface area contributed by atoms with E-state index in [1.807, 2.05) is 0 Å². The SMILES string of the molecule is FC(F)(F)CN1CCCNC(C2CC2)C1. The highest BCUT2D eigenvalue weighted by atomic mass is 19.4. The summed E-state index contributed by atoms with van der Waals surface area (Å²) in [6.07, 6.45) is -0.882. The molecule has 1 atom stereocenters. The highest BCUT2D eigenvalue weighted by molar-refractivity contribution is 4.90. The average molecular weight is 222 g/mol. The van der Waals surface area contributed by atoms with Gasteiger partial charge in [-0.3, -0.25) is 4.90 Å². The molecular formula is C10H17F3N2. The fraction of sp³-hybridized carbons (Fsp3) is 1.00. The summed E-state index contributed by atoms with van der Waals surface area (Å²) in [5, 5.41) is 3.35. The van der Waals surface area contributed by atoms with Crippen molar-refractivity contribution in [2.75, 3.05) is 26.2 Å². The maximum absolute atomic E-state index is 12.3. The first kappa shape index (κ1) is 11.2. The predicted molar refractivity (Wildman–Crippen MR) is 51.6 cm³/mol. The minimum atomic E-state index is -4.06. The summed E-state index contributed by atoms with van der Waals surface area (Å²) in [7, 11) is 0. The first-order valence-corrected chi connectivity index (χ1v) is 5.57. The molecule has 1 saturated heterocycles. The molecule has 0 aromatic carbocycles. The molecule has 0 bridgehead atoms. The Hall–Kier alpha value is -0.290. The molecule has 15 heavy (non-hydrogen) atoms. The van der Waals surface area contributed by atoms with Crippen molar-refractivity contribution in [2.45, 2.75) is 31.5 Å². The van der Waals surface area contributed by atoms with E-state index in [1.54, 1.807) is 4.90 Å². The van der Waals surface area contributed by atoms with E-state index in [9.17, 15) is 13.2 Å². The summed E-state index contributed by atoms with van der Waals surface area (Å²) in [6, 6.07) is 0.287. The molecule has 1 aliphatic heterocycles. The second kappa shape index (κ2) is 4.29. The van der Waals surface area contributed by atoms with Crippen molar-refractivity contribution >= 4 is 0 Å². The van der Waals surface area contributed by atoms with Crippen LogP contribution >= 0.6 is 0 Å². The van der Waals surface area contributed by atoms with Gasteiger partial charge in [0.15, 0.2) is 0 Å². The van der Waals surface area contributed by atoms with Gasteiger partial charge in [-0.15, -0.1) is 0 Å². The Morgan fingerprint density at radius 1 is 1.27 bits per heavy atom. The molecule has 1 saturated carbocycles. The van der Waals surface area contributed by atoms with Gasteiger partial charge in [-0.05, 0) is 38.3 Å². The van der Waals surface area contributed by atoms with Gasteiger partial charge in [0, 0.05) is 12.6 Å². The normalized spacial score (nSPS) is 30.2. The lowest BCUT2D eigenvalue weighted by atomic mass is 10.2. The number of hydrogen-bond donors (Lipinski definition) is 1. The molecule has 1 heterocycles. The zero-order valence-electron chi connectivity index (χ0n) is 8.69. The zero-order chi connectivity index (χ0) is 10.9. The van der Waals surface area contributed by atoms with Crippen molar-refractivity contribution in [3.05, 3.63) is 0 Å². The van der Waals surface area contributed by atoms with Gasteiger partial charge < -0.3 is 5.32 Å². The number of hydrogen-bond acceptors (Lipinski definition) is 2. The molecule has 0 aromatic heterocycles. The van der Waals surface area contributed by atoms with Crippen LogP contribution in [0.15, 0.2) is 0 Å². The van der Waals surface area contributed by atoms with E-state index in [2.05, 4.69) is 5.32 Å². The van der Waals surface area contributed by atoms with Crippen molar-refractivity contribution in [1.82, 2.24) is 10.2 Å². The Bertz CT molecular complexity index is 213. The molecule has 2 rings (SSSR count). The quantitative estimate of drug-likeness (QED) is 0.763. The Labute approximate surface area is 87.8 Å². The second-order valence-corrected chi connectivity index (χ2v) is 4.60. The third kappa shape index (κ3) is 3.65. The van der Waals surface area contributed by atoms with Crippen molar-refractivity contribution in [2.24, 2.45) is 5.92 Å². The number of alkyl halides is 3. The summed E-state index contributed by atoms with van der Waals surface area (Å²) in [5.41, 5.74) is 0. The summed E-state index contributed by atoms with van der Waals surface area (Å²) in [4.78, 5) is 1.54. The summed E-state index contributed by atoms with van der Waals surface area (Å²) in [5.74, 6) is 0.624. The second-order valence-electron chi connectivity index (χ2n) is 4.60. The number of halogens is 3. The number of nitrogens with zero attached hydrogens (tertiary/aromatic N) is 1. The zero-order valence-corrected chi connectivity index (χ0v) is 8.69.